The molecule has 1 atom stereocenters. The first kappa shape index (κ1) is 13.5. The lowest BCUT2D eigenvalue weighted by molar-refractivity contribution is -0.120. The van der Waals surface area contributed by atoms with Gasteiger partial charge in [0, 0.05) is 26.3 Å². The Labute approximate surface area is 98.1 Å². The fraction of sp³-hybridized carbons (Fsp3) is 0.917. The van der Waals surface area contributed by atoms with E-state index in [9.17, 15) is 4.79 Å². The van der Waals surface area contributed by atoms with E-state index in [4.69, 9.17) is 4.74 Å². The zero-order valence-electron chi connectivity index (χ0n) is 10.4. The van der Waals surface area contributed by atoms with Gasteiger partial charge in [-0.1, -0.05) is 6.42 Å². The number of amides is 1. The third kappa shape index (κ3) is 4.94. The molecule has 94 valence electrons. The molecular formula is C12H24N2O2. The van der Waals surface area contributed by atoms with E-state index < -0.39 is 0 Å². The van der Waals surface area contributed by atoms with E-state index in [2.05, 4.69) is 17.6 Å². The molecule has 0 spiro atoms. The molecule has 1 amide bonds. The first-order valence-electron chi connectivity index (χ1n) is 6.23. The van der Waals surface area contributed by atoms with E-state index in [1.54, 1.807) is 7.11 Å². The van der Waals surface area contributed by atoms with Crippen molar-refractivity contribution in [2.75, 3.05) is 26.8 Å². The van der Waals surface area contributed by atoms with E-state index in [0.29, 0.717) is 25.7 Å². The molecule has 0 saturated heterocycles. The number of carbonyl (C=O) groups excluding carboxylic acids is 1. The van der Waals surface area contributed by atoms with Crippen molar-refractivity contribution < 1.29 is 9.53 Å². The second-order valence-corrected chi connectivity index (χ2v) is 4.56. The predicted molar refractivity (Wildman–Crippen MR) is 64.3 cm³/mol. The van der Waals surface area contributed by atoms with Gasteiger partial charge in [0.15, 0.2) is 0 Å². The van der Waals surface area contributed by atoms with E-state index in [1.165, 1.54) is 19.3 Å². The summed E-state index contributed by atoms with van der Waals surface area (Å²) >= 11 is 0. The number of methoxy groups -OCH3 is 1. The zero-order chi connectivity index (χ0) is 11.8. The molecule has 0 aromatic carbocycles. The maximum Gasteiger partial charge on any atom is 0.233 e. The quantitative estimate of drug-likeness (QED) is 0.607. The minimum Gasteiger partial charge on any atom is -0.385 e. The van der Waals surface area contributed by atoms with Crippen LogP contribution in [0.15, 0.2) is 0 Å². The van der Waals surface area contributed by atoms with Gasteiger partial charge in [-0.2, -0.15) is 0 Å². The predicted octanol–water partition coefficient (Wildman–Crippen LogP) is 0.917. The number of rotatable bonds is 8. The number of hydrogen-bond acceptors (Lipinski definition) is 3. The molecule has 0 aliphatic heterocycles. The summed E-state index contributed by atoms with van der Waals surface area (Å²) in [5, 5.41) is 6.15. The number of nitrogens with one attached hydrogen (secondary N) is 2. The van der Waals surface area contributed by atoms with Crippen LogP contribution in [0, 0.1) is 5.92 Å². The zero-order valence-corrected chi connectivity index (χ0v) is 10.4. The Kier molecular flexibility index (Phi) is 6.42. The standard InChI is InChI=1S/C12H24N2O2/c1-10(11-5-3-6-11)14-9-12(15)13-7-4-8-16-2/h10-11,14H,3-9H2,1-2H3,(H,13,15). The van der Waals surface area contributed by atoms with Gasteiger partial charge in [0.1, 0.15) is 0 Å². The van der Waals surface area contributed by atoms with Crippen LogP contribution < -0.4 is 10.6 Å². The normalized spacial score (nSPS) is 17.9. The molecule has 2 N–H and O–H groups in total. The first-order valence-corrected chi connectivity index (χ1v) is 6.23. The molecule has 0 bridgehead atoms. The largest absolute Gasteiger partial charge is 0.385 e. The van der Waals surface area contributed by atoms with Crippen LogP contribution in [-0.2, 0) is 9.53 Å². The molecule has 1 aliphatic carbocycles. The summed E-state index contributed by atoms with van der Waals surface area (Å²) in [4.78, 5) is 11.4. The lowest BCUT2D eigenvalue weighted by atomic mass is 9.80. The van der Waals surface area contributed by atoms with Gasteiger partial charge in [-0.25, -0.2) is 0 Å². The van der Waals surface area contributed by atoms with Crippen molar-refractivity contribution in [3.63, 3.8) is 0 Å². The lowest BCUT2D eigenvalue weighted by Gasteiger charge is -2.31. The second-order valence-electron chi connectivity index (χ2n) is 4.56. The van der Waals surface area contributed by atoms with E-state index >= 15 is 0 Å². The van der Waals surface area contributed by atoms with Gasteiger partial charge in [0.2, 0.25) is 5.91 Å². The second kappa shape index (κ2) is 7.63. The van der Waals surface area contributed by atoms with Gasteiger partial charge >= 0.3 is 0 Å². The van der Waals surface area contributed by atoms with Crippen LogP contribution in [0.1, 0.15) is 32.6 Å². The Bertz CT molecular complexity index is 205. The number of carbonyl (C=O) groups is 1. The summed E-state index contributed by atoms with van der Waals surface area (Å²) in [6.07, 6.45) is 4.84. The van der Waals surface area contributed by atoms with Crippen LogP contribution in [-0.4, -0.2) is 38.8 Å². The van der Waals surface area contributed by atoms with E-state index in [1.807, 2.05) is 0 Å². The molecule has 16 heavy (non-hydrogen) atoms. The van der Waals surface area contributed by atoms with Crippen molar-refractivity contribution in [2.24, 2.45) is 5.92 Å². The van der Waals surface area contributed by atoms with Crippen molar-refractivity contribution >= 4 is 5.91 Å². The SMILES string of the molecule is COCCCNC(=O)CNC(C)C1CCC1. The smallest absolute Gasteiger partial charge is 0.233 e. The van der Waals surface area contributed by atoms with Gasteiger partial charge in [0.25, 0.3) is 0 Å². The van der Waals surface area contributed by atoms with E-state index in [0.717, 1.165) is 12.3 Å². The summed E-state index contributed by atoms with van der Waals surface area (Å²) < 4.78 is 4.91. The third-order valence-corrected chi connectivity index (χ3v) is 3.29. The minimum atomic E-state index is 0.0854. The first-order chi connectivity index (χ1) is 7.74. The molecule has 0 radical (unpaired) electrons. The van der Waals surface area contributed by atoms with Crippen molar-refractivity contribution in [1.29, 1.82) is 0 Å². The number of hydrogen-bond donors (Lipinski definition) is 2. The Morgan fingerprint density at radius 3 is 2.81 bits per heavy atom. The molecule has 1 aliphatic rings. The van der Waals surface area contributed by atoms with Gasteiger partial charge in [-0.3, -0.25) is 4.79 Å². The van der Waals surface area contributed by atoms with Crippen LogP contribution in [0.25, 0.3) is 0 Å². The molecule has 0 aromatic rings. The van der Waals surface area contributed by atoms with Crippen molar-refractivity contribution in [1.82, 2.24) is 10.6 Å². The van der Waals surface area contributed by atoms with Gasteiger partial charge in [-0.15, -0.1) is 0 Å². The van der Waals surface area contributed by atoms with E-state index in [-0.39, 0.29) is 5.91 Å². The summed E-state index contributed by atoms with van der Waals surface area (Å²) in [6, 6.07) is 0.471. The van der Waals surface area contributed by atoms with Crippen LogP contribution in [0.3, 0.4) is 0 Å². The third-order valence-electron chi connectivity index (χ3n) is 3.29. The fourth-order valence-corrected chi connectivity index (χ4v) is 1.87. The molecular weight excluding hydrogens is 204 g/mol. The maximum absolute atomic E-state index is 11.4. The number of ether oxygens (including phenoxy) is 1. The Hall–Kier alpha value is -0.610. The monoisotopic (exact) mass is 228 g/mol. The highest BCUT2D eigenvalue weighted by molar-refractivity contribution is 5.77. The maximum atomic E-state index is 11.4. The van der Waals surface area contributed by atoms with Crippen molar-refractivity contribution in [3.05, 3.63) is 0 Å². The van der Waals surface area contributed by atoms with Crippen LogP contribution in [0.5, 0.6) is 0 Å². The Morgan fingerprint density at radius 1 is 1.50 bits per heavy atom. The van der Waals surface area contributed by atoms with Crippen molar-refractivity contribution in [2.45, 2.75) is 38.6 Å². The van der Waals surface area contributed by atoms with Gasteiger partial charge in [-0.05, 0) is 32.1 Å². The highest BCUT2D eigenvalue weighted by Crippen LogP contribution is 2.29. The summed E-state index contributed by atoms with van der Waals surface area (Å²) in [6.45, 7) is 4.00. The van der Waals surface area contributed by atoms with Crippen LogP contribution >= 0.6 is 0 Å². The van der Waals surface area contributed by atoms with Gasteiger partial charge in [0.05, 0.1) is 6.54 Å². The lowest BCUT2D eigenvalue weighted by Crippen LogP contribution is -2.43. The molecule has 1 rings (SSSR count). The fourth-order valence-electron chi connectivity index (χ4n) is 1.87. The molecule has 0 aromatic heterocycles. The molecule has 1 fully saturated rings. The average molecular weight is 228 g/mol. The molecule has 4 heteroatoms. The average Bonchev–Trinajstić information content (AvgIpc) is 2.19. The Balaban J connectivity index is 1.96. The Morgan fingerprint density at radius 2 is 2.25 bits per heavy atom. The molecule has 0 heterocycles. The highest BCUT2D eigenvalue weighted by Gasteiger charge is 2.23. The minimum absolute atomic E-state index is 0.0854. The molecule has 4 nitrogen and oxygen atoms in total. The topological polar surface area (TPSA) is 50.4 Å². The van der Waals surface area contributed by atoms with Crippen molar-refractivity contribution in [3.8, 4) is 0 Å². The van der Waals surface area contributed by atoms with Crippen LogP contribution in [0.2, 0.25) is 0 Å². The summed E-state index contributed by atoms with van der Waals surface area (Å²) in [5.41, 5.74) is 0. The van der Waals surface area contributed by atoms with Crippen LogP contribution in [0.4, 0.5) is 0 Å². The summed E-state index contributed by atoms with van der Waals surface area (Å²) in [5.74, 6) is 0.864. The molecule has 1 unspecified atom stereocenters. The molecule has 1 saturated carbocycles. The highest BCUT2D eigenvalue weighted by atomic mass is 16.5. The summed E-state index contributed by atoms with van der Waals surface area (Å²) in [7, 11) is 1.67. The van der Waals surface area contributed by atoms with Gasteiger partial charge < -0.3 is 15.4 Å².